The predicted molar refractivity (Wildman–Crippen MR) is 93.1 cm³/mol. The van der Waals surface area contributed by atoms with Crippen LogP contribution in [-0.2, 0) is 6.54 Å². The summed E-state index contributed by atoms with van der Waals surface area (Å²) in [6.45, 7) is 2.66. The van der Waals surface area contributed by atoms with Gasteiger partial charge >= 0.3 is 0 Å². The Bertz CT molecular complexity index is 846. The Labute approximate surface area is 146 Å². The van der Waals surface area contributed by atoms with Gasteiger partial charge in [0.1, 0.15) is 12.3 Å². The van der Waals surface area contributed by atoms with Crippen molar-refractivity contribution in [2.75, 3.05) is 13.7 Å². The number of para-hydroxylation sites is 1. The second kappa shape index (κ2) is 7.61. The summed E-state index contributed by atoms with van der Waals surface area (Å²) in [7, 11) is 1.55. The van der Waals surface area contributed by atoms with Crippen LogP contribution in [0.4, 0.5) is 0 Å². The fourth-order valence-electron chi connectivity index (χ4n) is 2.51. The van der Waals surface area contributed by atoms with Crippen molar-refractivity contribution in [2.45, 2.75) is 13.5 Å². The quantitative estimate of drug-likeness (QED) is 0.689. The van der Waals surface area contributed by atoms with Gasteiger partial charge < -0.3 is 14.2 Å². The molecule has 3 aromatic rings. The van der Waals surface area contributed by atoms with E-state index < -0.39 is 0 Å². The van der Waals surface area contributed by atoms with Gasteiger partial charge in [0.25, 0.3) is 5.91 Å². The number of carbonyl (C=O) groups excluding carboxylic acids is 1. The van der Waals surface area contributed by atoms with Crippen LogP contribution in [0.25, 0.3) is 11.4 Å². The highest BCUT2D eigenvalue weighted by molar-refractivity contribution is 5.96. The topological polar surface area (TPSA) is 68.5 Å². The molecule has 0 unspecified atom stereocenters. The number of amides is 1. The molecule has 0 saturated heterocycles. The van der Waals surface area contributed by atoms with E-state index >= 15 is 0 Å². The zero-order valence-electron chi connectivity index (χ0n) is 14.2. The number of hydrogen-bond acceptors (Lipinski definition) is 5. The minimum atomic E-state index is -0.139. The van der Waals surface area contributed by atoms with Crippen LogP contribution < -0.4 is 4.74 Å². The maximum absolute atomic E-state index is 12.8. The molecule has 0 fully saturated rings. The number of ether oxygens (including phenoxy) is 1. The Morgan fingerprint density at radius 2 is 1.84 bits per heavy atom. The predicted octanol–water partition coefficient (Wildman–Crippen LogP) is 3.41. The van der Waals surface area contributed by atoms with Gasteiger partial charge in [-0.25, -0.2) is 0 Å². The molecular formula is C19H19N3O3. The molecule has 6 nitrogen and oxygen atoms in total. The number of nitrogens with zero attached hydrogens (tertiary/aromatic N) is 3. The maximum Gasteiger partial charge on any atom is 0.258 e. The zero-order chi connectivity index (χ0) is 17.6. The van der Waals surface area contributed by atoms with Crippen molar-refractivity contribution < 1.29 is 14.1 Å². The fraction of sp³-hybridized carbons (Fsp3) is 0.211. The second-order valence-corrected chi connectivity index (χ2v) is 5.40. The van der Waals surface area contributed by atoms with Gasteiger partial charge in [-0.3, -0.25) is 4.79 Å². The largest absolute Gasteiger partial charge is 0.496 e. The number of aromatic nitrogens is 2. The summed E-state index contributed by atoms with van der Waals surface area (Å²) in [5.74, 6) is 1.31. The minimum absolute atomic E-state index is 0.139. The molecule has 2 aromatic carbocycles. The molecule has 0 bridgehead atoms. The molecule has 1 amide bonds. The van der Waals surface area contributed by atoms with Gasteiger partial charge in [-0.15, -0.1) is 0 Å². The van der Waals surface area contributed by atoms with Crippen LogP contribution in [0, 0.1) is 0 Å². The molecule has 6 heteroatoms. The highest BCUT2D eigenvalue weighted by atomic mass is 16.5. The maximum atomic E-state index is 12.8. The Balaban J connectivity index is 1.79. The average Bonchev–Trinajstić information content (AvgIpc) is 3.15. The van der Waals surface area contributed by atoms with Crippen LogP contribution in [0.2, 0.25) is 0 Å². The molecule has 3 rings (SSSR count). The van der Waals surface area contributed by atoms with Crippen molar-refractivity contribution >= 4 is 5.91 Å². The Hall–Kier alpha value is -3.15. The number of benzene rings is 2. The molecule has 0 N–H and O–H groups in total. The van der Waals surface area contributed by atoms with E-state index in [0.29, 0.717) is 29.6 Å². The number of hydrogen-bond donors (Lipinski definition) is 0. The van der Waals surface area contributed by atoms with Crippen molar-refractivity contribution in [3.8, 4) is 17.1 Å². The first-order valence-electron chi connectivity index (χ1n) is 8.03. The molecule has 128 valence electrons. The van der Waals surface area contributed by atoms with E-state index in [1.807, 2.05) is 49.4 Å². The van der Waals surface area contributed by atoms with Crippen LogP contribution in [-0.4, -0.2) is 34.6 Å². The Kier molecular flexibility index (Phi) is 5.09. The first-order valence-corrected chi connectivity index (χ1v) is 8.03. The lowest BCUT2D eigenvalue weighted by atomic mass is 10.1. The first-order chi connectivity index (χ1) is 12.2. The standard InChI is InChI=1S/C19H19N3O3/c1-3-22(19(23)15-11-7-8-12-16(15)24-2)13-17-20-18(21-25-17)14-9-5-4-6-10-14/h4-12H,3,13H2,1-2H3. The summed E-state index contributed by atoms with van der Waals surface area (Å²) >= 11 is 0. The van der Waals surface area contributed by atoms with Crippen molar-refractivity contribution in [2.24, 2.45) is 0 Å². The van der Waals surface area contributed by atoms with Gasteiger partial charge in [0, 0.05) is 12.1 Å². The lowest BCUT2D eigenvalue weighted by Gasteiger charge is -2.20. The van der Waals surface area contributed by atoms with E-state index in [4.69, 9.17) is 9.26 Å². The van der Waals surface area contributed by atoms with E-state index in [1.54, 1.807) is 24.1 Å². The van der Waals surface area contributed by atoms with Crippen LogP contribution in [0.15, 0.2) is 59.1 Å². The van der Waals surface area contributed by atoms with Crippen molar-refractivity contribution in [1.29, 1.82) is 0 Å². The summed E-state index contributed by atoms with van der Waals surface area (Å²) in [4.78, 5) is 18.8. The van der Waals surface area contributed by atoms with Gasteiger partial charge in [0.15, 0.2) is 0 Å². The summed E-state index contributed by atoms with van der Waals surface area (Å²) < 4.78 is 10.6. The molecule has 0 aliphatic carbocycles. The lowest BCUT2D eigenvalue weighted by molar-refractivity contribution is 0.0731. The summed E-state index contributed by atoms with van der Waals surface area (Å²) in [5, 5.41) is 3.99. The molecule has 1 heterocycles. The van der Waals surface area contributed by atoms with Crippen LogP contribution in [0.5, 0.6) is 5.75 Å². The molecular weight excluding hydrogens is 318 g/mol. The molecule has 0 radical (unpaired) electrons. The van der Waals surface area contributed by atoms with Gasteiger partial charge in [0.2, 0.25) is 11.7 Å². The normalized spacial score (nSPS) is 10.5. The number of methoxy groups -OCH3 is 1. The van der Waals surface area contributed by atoms with E-state index in [2.05, 4.69) is 10.1 Å². The lowest BCUT2D eigenvalue weighted by Crippen LogP contribution is -2.30. The minimum Gasteiger partial charge on any atom is -0.496 e. The Morgan fingerprint density at radius 3 is 2.56 bits per heavy atom. The third-order valence-corrected chi connectivity index (χ3v) is 3.83. The van der Waals surface area contributed by atoms with Crippen molar-refractivity contribution in [3.63, 3.8) is 0 Å². The molecule has 25 heavy (non-hydrogen) atoms. The van der Waals surface area contributed by atoms with Crippen molar-refractivity contribution in [3.05, 3.63) is 66.1 Å². The zero-order valence-corrected chi connectivity index (χ0v) is 14.2. The number of carbonyl (C=O) groups is 1. The van der Waals surface area contributed by atoms with E-state index in [1.165, 1.54) is 0 Å². The SMILES string of the molecule is CCN(Cc1nc(-c2ccccc2)no1)C(=O)c1ccccc1OC. The third-order valence-electron chi connectivity index (χ3n) is 3.83. The van der Waals surface area contributed by atoms with Gasteiger partial charge in [0.05, 0.1) is 12.7 Å². The Morgan fingerprint density at radius 1 is 1.12 bits per heavy atom. The summed E-state index contributed by atoms with van der Waals surface area (Å²) in [6.07, 6.45) is 0. The molecule has 0 aliphatic heterocycles. The average molecular weight is 337 g/mol. The third kappa shape index (κ3) is 3.68. The van der Waals surface area contributed by atoms with Gasteiger partial charge in [-0.05, 0) is 19.1 Å². The van der Waals surface area contributed by atoms with Crippen molar-refractivity contribution in [1.82, 2.24) is 15.0 Å². The fourth-order valence-corrected chi connectivity index (χ4v) is 2.51. The van der Waals surface area contributed by atoms with Crippen LogP contribution in [0.1, 0.15) is 23.2 Å². The smallest absolute Gasteiger partial charge is 0.258 e. The molecule has 0 aliphatic rings. The first kappa shape index (κ1) is 16.7. The highest BCUT2D eigenvalue weighted by Gasteiger charge is 2.20. The van der Waals surface area contributed by atoms with Gasteiger partial charge in [-0.2, -0.15) is 4.98 Å². The monoisotopic (exact) mass is 337 g/mol. The summed E-state index contributed by atoms with van der Waals surface area (Å²) in [6, 6.07) is 16.7. The van der Waals surface area contributed by atoms with E-state index in [0.717, 1.165) is 5.56 Å². The second-order valence-electron chi connectivity index (χ2n) is 5.40. The van der Waals surface area contributed by atoms with Crippen LogP contribution in [0.3, 0.4) is 0 Å². The number of rotatable bonds is 6. The van der Waals surface area contributed by atoms with E-state index in [-0.39, 0.29) is 12.5 Å². The van der Waals surface area contributed by atoms with Crippen LogP contribution >= 0.6 is 0 Å². The molecule has 0 spiro atoms. The van der Waals surface area contributed by atoms with E-state index in [9.17, 15) is 4.79 Å². The van der Waals surface area contributed by atoms with Gasteiger partial charge in [-0.1, -0.05) is 47.6 Å². The summed E-state index contributed by atoms with van der Waals surface area (Å²) in [5.41, 5.74) is 1.38. The molecule has 0 saturated carbocycles. The molecule has 1 aromatic heterocycles. The molecule has 0 atom stereocenters. The highest BCUT2D eigenvalue weighted by Crippen LogP contribution is 2.21.